The van der Waals surface area contributed by atoms with Crippen LogP contribution in [0.25, 0.3) is 17.2 Å². The largest absolute Gasteiger partial charge is 0.390 e. The highest BCUT2D eigenvalue weighted by Gasteiger charge is 2.45. The van der Waals surface area contributed by atoms with Crippen LogP contribution in [0.5, 0.6) is 0 Å². The summed E-state index contributed by atoms with van der Waals surface area (Å²) >= 11 is 0. The van der Waals surface area contributed by atoms with E-state index in [4.69, 9.17) is 4.74 Å². The molecule has 0 aromatic carbocycles. The zero-order chi connectivity index (χ0) is 20.9. The monoisotopic (exact) mass is 409 g/mol. The van der Waals surface area contributed by atoms with Gasteiger partial charge in [-0.25, -0.2) is 0 Å². The topological polar surface area (TPSA) is 84.9 Å². The molecule has 0 saturated carbocycles. The van der Waals surface area contributed by atoms with E-state index in [-0.39, 0.29) is 11.5 Å². The Kier molecular flexibility index (Phi) is 4.44. The first kappa shape index (κ1) is 19.3. The Morgan fingerprint density at radius 3 is 2.67 bits per heavy atom. The minimum atomic E-state index is -0.683. The first-order valence-corrected chi connectivity index (χ1v) is 10.5. The lowest BCUT2D eigenvalue weighted by Gasteiger charge is -2.48. The van der Waals surface area contributed by atoms with Crippen molar-refractivity contribution in [2.75, 3.05) is 19.7 Å². The second-order valence-electron chi connectivity index (χ2n) is 8.92. The number of carbonyl (C=O) groups is 1. The van der Waals surface area contributed by atoms with E-state index in [1.54, 1.807) is 0 Å². The number of piperidine rings is 1. The maximum absolute atomic E-state index is 13.2. The van der Waals surface area contributed by atoms with Gasteiger partial charge in [-0.1, -0.05) is 0 Å². The van der Waals surface area contributed by atoms with E-state index in [2.05, 4.69) is 10.2 Å². The molecular weight excluding hydrogens is 382 g/mol. The van der Waals surface area contributed by atoms with Gasteiger partial charge < -0.3 is 19.3 Å². The van der Waals surface area contributed by atoms with Crippen molar-refractivity contribution in [3.05, 3.63) is 42.2 Å². The number of ether oxygens (including phenoxy) is 1. The van der Waals surface area contributed by atoms with Crippen LogP contribution >= 0.6 is 0 Å². The van der Waals surface area contributed by atoms with Crippen molar-refractivity contribution in [2.24, 2.45) is 7.05 Å². The summed E-state index contributed by atoms with van der Waals surface area (Å²) in [5, 5.41) is 19.0. The van der Waals surface area contributed by atoms with Crippen LogP contribution < -0.4 is 0 Å². The summed E-state index contributed by atoms with van der Waals surface area (Å²) in [7, 11) is 1.96. The molecule has 3 aromatic rings. The van der Waals surface area contributed by atoms with Gasteiger partial charge in [0.25, 0.3) is 5.91 Å². The highest BCUT2D eigenvalue weighted by molar-refractivity contribution is 5.94. The highest BCUT2D eigenvalue weighted by atomic mass is 16.5. The first-order chi connectivity index (χ1) is 14.4. The number of aryl methyl sites for hydroxylation is 1. The predicted octanol–water partition coefficient (Wildman–Crippen LogP) is 2.27. The minimum Gasteiger partial charge on any atom is -0.390 e. The fourth-order valence-electron chi connectivity index (χ4n) is 4.83. The molecule has 5 rings (SSSR count). The molecule has 158 valence electrons. The summed E-state index contributed by atoms with van der Waals surface area (Å²) < 4.78 is 9.92. The number of fused-ring (bicyclic) bond motifs is 1. The van der Waals surface area contributed by atoms with Crippen molar-refractivity contribution in [2.45, 2.75) is 43.8 Å². The lowest BCUT2D eigenvalue weighted by atomic mass is 9.78. The number of hydrogen-bond donors (Lipinski definition) is 1. The van der Waals surface area contributed by atoms with Crippen molar-refractivity contribution in [1.82, 2.24) is 24.1 Å². The van der Waals surface area contributed by atoms with E-state index in [0.717, 1.165) is 18.5 Å². The van der Waals surface area contributed by atoms with Crippen LogP contribution in [0.3, 0.4) is 0 Å². The van der Waals surface area contributed by atoms with Gasteiger partial charge in [0.2, 0.25) is 0 Å². The van der Waals surface area contributed by atoms with Crippen LogP contribution in [0, 0.1) is 0 Å². The van der Waals surface area contributed by atoms with Gasteiger partial charge in [-0.05, 0) is 50.5 Å². The van der Waals surface area contributed by atoms with Crippen molar-refractivity contribution in [3.8, 4) is 11.5 Å². The molecule has 1 unspecified atom stereocenters. The second kappa shape index (κ2) is 6.92. The van der Waals surface area contributed by atoms with Crippen LogP contribution in [0.2, 0.25) is 0 Å². The smallest absolute Gasteiger partial charge is 0.255 e. The molecule has 5 heterocycles. The standard InChI is InChI=1S/C22H27N5O3/c1-21(29)9-13-30-22(15-21)7-11-26(12-8-22)20(28)16-5-6-18-23-24-19(27(18)14-16)17-4-3-10-25(17)2/h3-6,10,14,29H,7-9,11-13,15H2,1-2H3. The van der Waals surface area contributed by atoms with Crippen molar-refractivity contribution >= 4 is 11.6 Å². The third kappa shape index (κ3) is 3.30. The molecule has 1 amide bonds. The number of aromatic nitrogens is 4. The van der Waals surface area contributed by atoms with Gasteiger partial charge in [0.05, 0.1) is 29.1 Å². The number of pyridine rings is 1. The molecule has 2 fully saturated rings. The predicted molar refractivity (Wildman–Crippen MR) is 111 cm³/mol. The molecule has 3 aromatic heterocycles. The number of carbonyl (C=O) groups excluding carboxylic acids is 1. The number of amides is 1. The first-order valence-electron chi connectivity index (χ1n) is 10.5. The van der Waals surface area contributed by atoms with E-state index in [9.17, 15) is 9.90 Å². The molecule has 2 aliphatic rings. The SMILES string of the molecule is Cn1cccc1-c1nnc2ccc(C(=O)N3CCC4(CC3)CC(C)(O)CCO4)cn12. The molecule has 1 N–H and O–H groups in total. The number of hydrogen-bond acceptors (Lipinski definition) is 5. The summed E-state index contributed by atoms with van der Waals surface area (Å²) in [6.45, 7) is 3.71. The molecule has 0 aliphatic carbocycles. The lowest BCUT2D eigenvalue weighted by Crippen LogP contribution is -2.54. The van der Waals surface area contributed by atoms with E-state index in [0.29, 0.717) is 49.6 Å². The molecular formula is C22H27N5O3. The summed E-state index contributed by atoms with van der Waals surface area (Å²) in [6.07, 6.45) is 6.58. The fourth-order valence-corrected chi connectivity index (χ4v) is 4.83. The summed E-state index contributed by atoms with van der Waals surface area (Å²) in [6, 6.07) is 7.58. The van der Waals surface area contributed by atoms with Gasteiger partial charge >= 0.3 is 0 Å². The Morgan fingerprint density at radius 2 is 1.97 bits per heavy atom. The minimum absolute atomic E-state index is 0.000788. The molecule has 8 nitrogen and oxygen atoms in total. The van der Waals surface area contributed by atoms with Gasteiger partial charge in [-0.2, -0.15) is 0 Å². The van der Waals surface area contributed by atoms with E-state index >= 15 is 0 Å². The average molecular weight is 409 g/mol. The fraction of sp³-hybridized carbons (Fsp3) is 0.500. The van der Waals surface area contributed by atoms with Crippen LogP contribution in [-0.4, -0.2) is 66.0 Å². The highest BCUT2D eigenvalue weighted by Crippen LogP contribution is 2.39. The molecule has 2 saturated heterocycles. The number of likely N-dealkylation sites (tertiary alicyclic amines) is 1. The quantitative estimate of drug-likeness (QED) is 0.702. The maximum atomic E-state index is 13.2. The van der Waals surface area contributed by atoms with Gasteiger partial charge in [0.1, 0.15) is 0 Å². The third-order valence-corrected chi connectivity index (χ3v) is 6.54. The molecule has 0 radical (unpaired) electrons. The normalized spacial score (nSPS) is 23.9. The third-order valence-electron chi connectivity index (χ3n) is 6.54. The Bertz CT molecular complexity index is 1090. The Hall–Kier alpha value is -2.71. The van der Waals surface area contributed by atoms with Crippen LogP contribution in [0.1, 0.15) is 43.0 Å². The van der Waals surface area contributed by atoms with E-state index in [1.165, 1.54) is 0 Å². The molecule has 1 spiro atoms. The zero-order valence-electron chi connectivity index (χ0n) is 17.4. The van der Waals surface area contributed by atoms with E-state index < -0.39 is 5.60 Å². The molecule has 1 atom stereocenters. The molecule has 0 bridgehead atoms. The van der Waals surface area contributed by atoms with Crippen molar-refractivity contribution in [3.63, 3.8) is 0 Å². The van der Waals surface area contributed by atoms with E-state index in [1.807, 2.05) is 64.5 Å². The molecule has 2 aliphatic heterocycles. The number of rotatable bonds is 2. The average Bonchev–Trinajstić information content (AvgIpc) is 3.32. The molecule has 30 heavy (non-hydrogen) atoms. The zero-order valence-corrected chi connectivity index (χ0v) is 17.4. The van der Waals surface area contributed by atoms with Crippen molar-refractivity contribution in [1.29, 1.82) is 0 Å². The Balaban J connectivity index is 1.36. The number of nitrogens with zero attached hydrogens (tertiary/aromatic N) is 5. The Morgan fingerprint density at radius 1 is 1.17 bits per heavy atom. The van der Waals surface area contributed by atoms with Gasteiger partial charge in [-0.15, -0.1) is 10.2 Å². The van der Waals surface area contributed by atoms with Crippen LogP contribution in [-0.2, 0) is 11.8 Å². The lowest BCUT2D eigenvalue weighted by molar-refractivity contribution is -0.170. The van der Waals surface area contributed by atoms with Crippen molar-refractivity contribution < 1.29 is 14.6 Å². The number of aliphatic hydroxyl groups is 1. The van der Waals surface area contributed by atoms with Crippen LogP contribution in [0.15, 0.2) is 36.7 Å². The summed E-state index contributed by atoms with van der Waals surface area (Å²) in [4.78, 5) is 15.1. The molecule has 8 heteroatoms. The Labute approximate surface area is 175 Å². The maximum Gasteiger partial charge on any atom is 0.255 e. The summed E-state index contributed by atoms with van der Waals surface area (Å²) in [5.41, 5.74) is 1.27. The van der Waals surface area contributed by atoms with Gasteiger partial charge in [0, 0.05) is 39.0 Å². The second-order valence-corrected chi connectivity index (χ2v) is 8.92. The van der Waals surface area contributed by atoms with Crippen LogP contribution in [0.4, 0.5) is 0 Å². The van der Waals surface area contributed by atoms with Gasteiger partial charge in [0.15, 0.2) is 11.5 Å². The van der Waals surface area contributed by atoms with Gasteiger partial charge in [-0.3, -0.25) is 9.20 Å². The summed E-state index contributed by atoms with van der Waals surface area (Å²) in [5.74, 6) is 0.712.